The molecule has 0 aliphatic carbocycles. The standard InChI is InChI=1S/C11H20N2O/c1-8(2)6-13-7-9(11(3,4)5)12-10(13)14/h7-8H,6H2,1-5H3,(H,12,14). The van der Waals surface area contributed by atoms with E-state index in [-0.39, 0.29) is 11.1 Å². The Morgan fingerprint density at radius 1 is 1.43 bits per heavy atom. The predicted octanol–water partition coefficient (Wildman–Crippen LogP) is 2.13. The molecule has 0 unspecified atom stereocenters. The monoisotopic (exact) mass is 196 g/mol. The quantitative estimate of drug-likeness (QED) is 0.773. The van der Waals surface area contributed by atoms with Crippen LogP contribution in [0.4, 0.5) is 0 Å². The van der Waals surface area contributed by atoms with Gasteiger partial charge in [-0.1, -0.05) is 34.6 Å². The first-order chi connectivity index (χ1) is 6.30. The minimum atomic E-state index is 0.00336. The summed E-state index contributed by atoms with van der Waals surface area (Å²) in [4.78, 5) is 14.4. The van der Waals surface area contributed by atoms with Crippen LogP contribution in [0.25, 0.3) is 0 Å². The average Bonchev–Trinajstić information content (AvgIpc) is 2.30. The summed E-state index contributed by atoms with van der Waals surface area (Å²) in [5, 5.41) is 0. The summed E-state index contributed by atoms with van der Waals surface area (Å²) in [5.41, 5.74) is 1.02. The molecular formula is C11H20N2O. The minimum absolute atomic E-state index is 0.00336. The predicted molar refractivity (Wildman–Crippen MR) is 58.6 cm³/mol. The van der Waals surface area contributed by atoms with Crippen LogP contribution in [0.5, 0.6) is 0 Å². The van der Waals surface area contributed by atoms with Crippen molar-refractivity contribution in [2.45, 2.75) is 46.6 Å². The minimum Gasteiger partial charge on any atom is -0.309 e. The Balaban J connectivity index is 3.00. The molecule has 0 saturated carbocycles. The number of aromatic nitrogens is 2. The third kappa shape index (κ3) is 2.50. The van der Waals surface area contributed by atoms with E-state index in [1.54, 1.807) is 4.57 Å². The Hall–Kier alpha value is -0.990. The molecule has 3 heteroatoms. The van der Waals surface area contributed by atoms with Crippen molar-refractivity contribution in [1.29, 1.82) is 0 Å². The molecule has 1 aromatic rings. The normalized spacial score (nSPS) is 12.4. The second-order valence-corrected chi connectivity index (χ2v) is 5.27. The Bertz CT molecular complexity index is 352. The summed E-state index contributed by atoms with van der Waals surface area (Å²) in [7, 11) is 0. The highest BCUT2D eigenvalue weighted by Crippen LogP contribution is 2.18. The van der Waals surface area contributed by atoms with Crippen molar-refractivity contribution in [3.05, 3.63) is 22.4 Å². The SMILES string of the molecule is CC(C)Cn1cc(C(C)(C)C)[nH]c1=O. The van der Waals surface area contributed by atoms with Gasteiger partial charge in [0.2, 0.25) is 0 Å². The molecule has 3 nitrogen and oxygen atoms in total. The summed E-state index contributed by atoms with van der Waals surface area (Å²) >= 11 is 0. The molecule has 0 bridgehead atoms. The van der Waals surface area contributed by atoms with Gasteiger partial charge in [-0.25, -0.2) is 4.79 Å². The van der Waals surface area contributed by atoms with Gasteiger partial charge in [-0.3, -0.25) is 4.57 Å². The summed E-state index contributed by atoms with van der Waals surface area (Å²) in [6, 6.07) is 0. The lowest BCUT2D eigenvalue weighted by Crippen LogP contribution is -2.19. The zero-order valence-corrected chi connectivity index (χ0v) is 9.72. The van der Waals surface area contributed by atoms with E-state index >= 15 is 0 Å². The van der Waals surface area contributed by atoms with Crippen LogP contribution in [0.15, 0.2) is 11.0 Å². The van der Waals surface area contributed by atoms with E-state index in [9.17, 15) is 4.79 Å². The first kappa shape index (κ1) is 11.1. The maximum atomic E-state index is 11.5. The van der Waals surface area contributed by atoms with Gasteiger partial charge in [-0.15, -0.1) is 0 Å². The van der Waals surface area contributed by atoms with Crippen LogP contribution in [-0.2, 0) is 12.0 Å². The zero-order chi connectivity index (χ0) is 10.9. The fraction of sp³-hybridized carbons (Fsp3) is 0.727. The fourth-order valence-electron chi connectivity index (χ4n) is 1.34. The average molecular weight is 196 g/mol. The van der Waals surface area contributed by atoms with Crippen molar-refractivity contribution in [2.24, 2.45) is 5.92 Å². The molecule has 1 aromatic heterocycles. The lowest BCUT2D eigenvalue weighted by molar-refractivity contribution is 0.510. The number of aromatic amines is 1. The molecule has 14 heavy (non-hydrogen) atoms. The summed E-state index contributed by atoms with van der Waals surface area (Å²) in [6.45, 7) is 11.3. The molecule has 0 saturated heterocycles. The van der Waals surface area contributed by atoms with Gasteiger partial charge in [0.05, 0.1) is 0 Å². The first-order valence-electron chi connectivity index (χ1n) is 5.10. The zero-order valence-electron chi connectivity index (χ0n) is 9.72. The van der Waals surface area contributed by atoms with Crippen molar-refractivity contribution < 1.29 is 0 Å². The molecule has 0 radical (unpaired) electrons. The van der Waals surface area contributed by atoms with Crippen LogP contribution in [0.1, 0.15) is 40.3 Å². The molecule has 1 rings (SSSR count). The van der Waals surface area contributed by atoms with Crippen molar-refractivity contribution in [1.82, 2.24) is 9.55 Å². The molecule has 0 spiro atoms. The largest absolute Gasteiger partial charge is 0.325 e. The summed E-state index contributed by atoms with van der Waals surface area (Å²) in [6.07, 6.45) is 1.93. The van der Waals surface area contributed by atoms with Crippen molar-refractivity contribution >= 4 is 0 Å². The molecule has 1 N–H and O–H groups in total. The van der Waals surface area contributed by atoms with Crippen LogP contribution >= 0.6 is 0 Å². The van der Waals surface area contributed by atoms with Gasteiger partial charge in [-0.05, 0) is 5.92 Å². The van der Waals surface area contributed by atoms with Gasteiger partial charge in [0.1, 0.15) is 0 Å². The number of hydrogen-bond donors (Lipinski definition) is 1. The molecule has 1 heterocycles. The fourth-order valence-corrected chi connectivity index (χ4v) is 1.34. The molecule has 0 aliphatic heterocycles. The topological polar surface area (TPSA) is 37.8 Å². The first-order valence-corrected chi connectivity index (χ1v) is 5.10. The third-order valence-corrected chi connectivity index (χ3v) is 2.16. The number of rotatable bonds is 2. The summed E-state index contributed by atoms with van der Waals surface area (Å²) < 4.78 is 1.76. The number of imidazole rings is 1. The molecule has 0 fully saturated rings. The molecule has 80 valence electrons. The highest BCUT2D eigenvalue weighted by atomic mass is 16.1. The van der Waals surface area contributed by atoms with Gasteiger partial charge in [0.25, 0.3) is 0 Å². The third-order valence-electron chi connectivity index (χ3n) is 2.16. The van der Waals surface area contributed by atoms with E-state index in [1.165, 1.54) is 0 Å². The summed E-state index contributed by atoms with van der Waals surface area (Å²) in [5.74, 6) is 0.497. The van der Waals surface area contributed by atoms with Crippen LogP contribution in [-0.4, -0.2) is 9.55 Å². The van der Waals surface area contributed by atoms with Crippen molar-refractivity contribution in [2.75, 3.05) is 0 Å². The lowest BCUT2D eigenvalue weighted by Gasteiger charge is -2.15. The number of H-pyrrole nitrogens is 1. The second-order valence-electron chi connectivity index (χ2n) is 5.27. The van der Waals surface area contributed by atoms with Gasteiger partial charge in [0.15, 0.2) is 0 Å². The molecule has 0 aromatic carbocycles. The Kier molecular flexibility index (Phi) is 2.88. The Morgan fingerprint density at radius 2 is 2.00 bits per heavy atom. The molecule has 0 atom stereocenters. The highest BCUT2D eigenvalue weighted by Gasteiger charge is 2.17. The van der Waals surface area contributed by atoms with E-state index in [0.717, 1.165) is 12.2 Å². The van der Waals surface area contributed by atoms with E-state index < -0.39 is 0 Å². The van der Waals surface area contributed by atoms with Crippen LogP contribution in [0, 0.1) is 5.92 Å². The van der Waals surface area contributed by atoms with E-state index in [4.69, 9.17) is 0 Å². The lowest BCUT2D eigenvalue weighted by atomic mass is 9.93. The number of nitrogens with one attached hydrogen (secondary N) is 1. The van der Waals surface area contributed by atoms with Gasteiger partial charge in [-0.2, -0.15) is 0 Å². The van der Waals surface area contributed by atoms with Crippen LogP contribution < -0.4 is 5.69 Å². The molecule has 0 amide bonds. The van der Waals surface area contributed by atoms with Crippen LogP contribution in [0.3, 0.4) is 0 Å². The van der Waals surface area contributed by atoms with E-state index in [0.29, 0.717) is 5.92 Å². The van der Waals surface area contributed by atoms with Gasteiger partial charge >= 0.3 is 5.69 Å². The molecular weight excluding hydrogens is 176 g/mol. The Labute approximate surface area is 85.2 Å². The van der Waals surface area contributed by atoms with E-state index in [1.807, 2.05) is 6.20 Å². The van der Waals surface area contributed by atoms with Crippen molar-refractivity contribution in [3.63, 3.8) is 0 Å². The molecule has 0 aliphatic rings. The maximum Gasteiger partial charge on any atom is 0.325 e. The smallest absolute Gasteiger partial charge is 0.309 e. The Morgan fingerprint density at radius 3 is 2.36 bits per heavy atom. The van der Waals surface area contributed by atoms with Crippen LogP contribution in [0.2, 0.25) is 0 Å². The number of hydrogen-bond acceptors (Lipinski definition) is 1. The van der Waals surface area contributed by atoms with Gasteiger partial charge < -0.3 is 4.98 Å². The van der Waals surface area contributed by atoms with E-state index in [2.05, 4.69) is 39.6 Å². The second kappa shape index (κ2) is 3.64. The van der Waals surface area contributed by atoms with Crippen molar-refractivity contribution in [3.8, 4) is 0 Å². The maximum absolute atomic E-state index is 11.5. The number of nitrogens with zero attached hydrogens (tertiary/aromatic N) is 1. The van der Waals surface area contributed by atoms with Gasteiger partial charge in [0, 0.05) is 23.9 Å². The highest BCUT2D eigenvalue weighted by molar-refractivity contribution is 5.09.